The van der Waals surface area contributed by atoms with Crippen molar-refractivity contribution in [3.63, 3.8) is 0 Å². The molecule has 1 heterocycles. The number of thiazole rings is 1. The fourth-order valence-corrected chi connectivity index (χ4v) is 3.14. The standard InChI is InChI=1S/C14H16N2OS/c17-14-6-2-3-11-12(14)4-1-5-13(11)16-8-10-7-15-9-18-10/h2-3,6-7,9,13,16-17H,1,4-5,8H2/t13-/m1/s1. The summed E-state index contributed by atoms with van der Waals surface area (Å²) in [6.45, 7) is 0.852. The molecule has 2 N–H and O–H groups in total. The molecule has 0 fully saturated rings. The molecule has 94 valence electrons. The Bertz CT molecular complexity index is 525. The molecule has 0 bridgehead atoms. The van der Waals surface area contributed by atoms with Crippen LogP contribution in [0.1, 0.15) is 34.9 Å². The number of phenols is 1. The SMILES string of the molecule is Oc1cccc2c1CCC[C@H]2NCc1cncs1. The van der Waals surface area contributed by atoms with E-state index in [0.717, 1.165) is 31.4 Å². The highest BCUT2D eigenvalue weighted by Crippen LogP contribution is 2.34. The summed E-state index contributed by atoms with van der Waals surface area (Å²) in [5.41, 5.74) is 4.23. The number of benzene rings is 1. The monoisotopic (exact) mass is 260 g/mol. The smallest absolute Gasteiger partial charge is 0.119 e. The molecule has 3 rings (SSSR count). The Balaban J connectivity index is 1.77. The maximum Gasteiger partial charge on any atom is 0.119 e. The van der Waals surface area contributed by atoms with E-state index in [1.807, 2.05) is 17.8 Å². The first kappa shape index (κ1) is 11.7. The summed E-state index contributed by atoms with van der Waals surface area (Å²) in [5, 5.41) is 13.5. The number of aromatic hydroxyl groups is 1. The molecule has 1 aliphatic carbocycles. The van der Waals surface area contributed by atoms with Crippen LogP contribution in [0.25, 0.3) is 0 Å². The lowest BCUT2D eigenvalue weighted by Gasteiger charge is -2.26. The zero-order valence-electron chi connectivity index (χ0n) is 10.1. The maximum atomic E-state index is 9.89. The molecule has 1 aromatic heterocycles. The van der Waals surface area contributed by atoms with Gasteiger partial charge in [-0.1, -0.05) is 12.1 Å². The van der Waals surface area contributed by atoms with Gasteiger partial charge in [0.25, 0.3) is 0 Å². The summed E-state index contributed by atoms with van der Waals surface area (Å²) < 4.78 is 0. The van der Waals surface area contributed by atoms with Crippen LogP contribution >= 0.6 is 11.3 Å². The van der Waals surface area contributed by atoms with Gasteiger partial charge in [0.15, 0.2) is 0 Å². The van der Waals surface area contributed by atoms with Crippen molar-refractivity contribution in [2.75, 3.05) is 0 Å². The summed E-state index contributed by atoms with van der Waals surface area (Å²) in [6.07, 6.45) is 5.16. The Morgan fingerprint density at radius 3 is 3.22 bits per heavy atom. The second kappa shape index (κ2) is 5.08. The molecule has 1 aromatic carbocycles. The molecule has 0 unspecified atom stereocenters. The van der Waals surface area contributed by atoms with Crippen LogP contribution in [0.4, 0.5) is 0 Å². The van der Waals surface area contributed by atoms with Crippen LogP contribution in [-0.2, 0) is 13.0 Å². The lowest BCUT2D eigenvalue weighted by atomic mass is 9.87. The van der Waals surface area contributed by atoms with E-state index in [9.17, 15) is 5.11 Å². The average Bonchev–Trinajstić information content (AvgIpc) is 2.90. The van der Waals surface area contributed by atoms with Crippen LogP contribution < -0.4 is 5.32 Å². The van der Waals surface area contributed by atoms with Crippen LogP contribution in [0, 0.1) is 0 Å². The van der Waals surface area contributed by atoms with Crippen LogP contribution in [0.2, 0.25) is 0 Å². The Kier molecular flexibility index (Phi) is 3.30. The van der Waals surface area contributed by atoms with Gasteiger partial charge in [-0.25, -0.2) is 0 Å². The van der Waals surface area contributed by atoms with Crippen molar-refractivity contribution in [3.8, 4) is 5.75 Å². The fourth-order valence-electron chi connectivity index (χ4n) is 2.59. The van der Waals surface area contributed by atoms with E-state index in [2.05, 4.69) is 16.4 Å². The molecule has 18 heavy (non-hydrogen) atoms. The molecular formula is C14H16N2OS. The number of rotatable bonds is 3. The van der Waals surface area contributed by atoms with Gasteiger partial charge in [0.1, 0.15) is 5.75 Å². The Morgan fingerprint density at radius 1 is 1.44 bits per heavy atom. The van der Waals surface area contributed by atoms with E-state index in [1.54, 1.807) is 17.4 Å². The van der Waals surface area contributed by atoms with Gasteiger partial charge in [0.05, 0.1) is 5.51 Å². The molecule has 0 saturated carbocycles. The van der Waals surface area contributed by atoms with Crippen molar-refractivity contribution < 1.29 is 5.11 Å². The second-order valence-corrected chi connectivity index (χ2v) is 5.61. The minimum absolute atomic E-state index is 0.350. The number of phenolic OH excluding ortho intramolecular Hbond substituents is 1. The van der Waals surface area contributed by atoms with Crippen LogP contribution in [-0.4, -0.2) is 10.1 Å². The minimum Gasteiger partial charge on any atom is -0.508 e. The van der Waals surface area contributed by atoms with Crippen molar-refractivity contribution >= 4 is 11.3 Å². The Morgan fingerprint density at radius 2 is 2.39 bits per heavy atom. The van der Waals surface area contributed by atoms with Crippen molar-refractivity contribution in [1.29, 1.82) is 0 Å². The molecule has 0 saturated heterocycles. The van der Waals surface area contributed by atoms with Crippen LogP contribution in [0.15, 0.2) is 29.9 Å². The highest BCUT2D eigenvalue weighted by Gasteiger charge is 2.21. The molecule has 3 nitrogen and oxygen atoms in total. The van der Waals surface area contributed by atoms with E-state index in [0.29, 0.717) is 11.8 Å². The number of nitrogens with zero attached hydrogens (tertiary/aromatic N) is 1. The second-order valence-electron chi connectivity index (χ2n) is 4.64. The summed E-state index contributed by atoms with van der Waals surface area (Å²) in [4.78, 5) is 5.33. The molecule has 0 radical (unpaired) electrons. The van der Waals surface area contributed by atoms with E-state index in [4.69, 9.17) is 0 Å². The largest absolute Gasteiger partial charge is 0.508 e. The summed E-state index contributed by atoms with van der Waals surface area (Å²) in [7, 11) is 0. The molecular weight excluding hydrogens is 244 g/mol. The third kappa shape index (κ3) is 2.26. The van der Waals surface area contributed by atoms with E-state index in [-0.39, 0.29) is 0 Å². The maximum absolute atomic E-state index is 9.89. The summed E-state index contributed by atoms with van der Waals surface area (Å²) in [6, 6.07) is 6.19. The van der Waals surface area contributed by atoms with Crippen molar-refractivity contribution in [2.24, 2.45) is 0 Å². The first-order valence-corrected chi connectivity index (χ1v) is 7.14. The van der Waals surface area contributed by atoms with Gasteiger partial charge in [-0.3, -0.25) is 4.98 Å². The Hall–Kier alpha value is -1.39. The lowest BCUT2D eigenvalue weighted by Crippen LogP contribution is -2.24. The predicted octanol–water partition coefficient (Wildman–Crippen LogP) is 3.02. The van der Waals surface area contributed by atoms with Crippen molar-refractivity contribution in [2.45, 2.75) is 31.8 Å². The zero-order chi connectivity index (χ0) is 12.4. The molecule has 0 amide bonds. The van der Waals surface area contributed by atoms with E-state index in [1.165, 1.54) is 10.4 Å². The van der Waals surface area contributed by atoms with Gasteiger partial charge in [-0.2, -0.15) is 0 Å². The topological polar surface area (TPSA) is 45.1 Å². The molecule has 0 aliphatic heterocycles. The number of nitrogens with one attached hydrogen (secondary N) is 1. The van der Waals surface area contributed by atoms with E-state index < -0.39 is 0 Å². The highest BCUT2D eigenvalue weighted by atomic mass is 32.1. The van der Waals surface area contributed by atoms with Crippen LogP contribution in [0.3, 0.4) is 0 Å². The van der Waals surface area contributed by atoms with Gasteiger partial charge >= 0.3 is 0 Å². The zero-order valence-corrected chi connectivity index (χ0v) is 10.9. The molecule has 0 spiro atoms. The Labute approximate surface area is 111 Å². The number of aromatic nitrogens is 1. The summed E-state index contributed by atoms with van der Waals surface area (Å²) >= 11 is 1.67. The molecule has 4 heteroatoms. The average molecular weight is 260 g/mol. The quantitative estimate of drug-likeness (QED) is 0.891. The number of fused-ring (bicyclic) bond motifs is 1. The molecule has 2 aromatic rings. The van der Waals surface area contributed by atoms with Gasteiger partial charge < -0.3 is 10.4 Å². The van der Waals surface area contributed by atoms with E-state index >= 15 is 0 Å². The van der Waals surface area contributed by atoms with Crippen LogP contribution in [0.5, 0.6) is 5.75 Å². The normalized spacial score (nSPS) is 18.6. The fraction of sp³-hybridized carbons (Fsp3) is 0.357. The molecule has 1 atom stereocenters. The van der Waals surface area contributed by atoms with Gasteiger partial charge in [-0.15, -0.1) is 11.3 Å². The number of hydrogen-bond acceptors (Lipinski definition) is 4. The summed E-state index contributed by atoms with van der Waals surface area (Å²) in [5.74, 6) is 0.441. The van der Waals surface area contributed by atoms with Gasteiger partial charge in [-0.05, 0) is 36.5 Å². The van der Waals surface area contributed by atoms with Crippen molar-refractivity contribution in [3.05, 3.63) is 45.9 Å². The van der Waals surface area contributed by atoms with Crippen molar-refractivity contribution in [1.82, 2.24) is 10.3 Å². The highest BCUT2D eigenvalue weighted by molar-refractivity contribution is 7.09. The third-order valence-electron chi connectivity index (χ3n) is 3.49. The lowest BCUT2D eigenvalue weighted by molar-refractivity contribution is 0.430. The minimum atomic E-state index is 0.350. The predicted molar refractivity (Wildman–Crippen MR) is 72.7 cm³/mol. The first-order valence-electron chi connectivity index (χ1n) is 6.26. The third-order valence-corrected chi connectivity index (χ3v) is 4.27. The van der Waals surface area contributed by atoms with Gasteiger partial charge in [0.2, 0.25) is 0 Å². The molecule has 1 aliphatic rings. The van der Waals surface area contributed by atoms with Gasteiger partial charge in [0, 0.05) is 23.7 Å². The number of hydrogen-bond donors (Lipinski definition) is 2. The first-order chi connectivity index (χ1) is 8.84.